The van der Waals surface area contributed by atoms with E-state index in [1.165, 1.54) is 70.8 Å². The van der Waals surface area contributed by atoms with Gasteiger partial charge in [0.2, 0.25) is 0 Å². The minimum absolute atomic E-state index is 0.870. The van der Waals surface area contributed by atoms with Gasteiger partial charge in [-0.1, -0.05) is 64.0 Å². The minimum Gasteiger partial charge on any atom is -0.330 e. The Morgan fingerprint density at radius 2 is 1.40 bits per heavy atom. The zero-order valence-electron chi connectivity index (χ0n) is 14.7. The Hall–Kier alpha value is -0.340. The van der Waals surface area contributed by atoms with Gasteiger partial charge in [-0.3, -0.25) is 0 Å². The minimum atomic E-state index is 0.870. The molecule has 2 N–H and O–H groups in total. The molecule has 0 unspecified atom stereocenters. The highest BCUT2D eigenvalue weighted by atomic mass is 15.0. The molecule has 0 heterocycles. The second-order valence-electron chi connectivity index (χ2n) is 5.78. The number of allylic oxidation sites excluding steroid dienone is 2. The summed E-state index contributed by atoms with van der Waals surface area (Å²) >= 11 is 0. The fraction of sp³-hybridized carbons (Fsp3) is 0.889. The van der Waals surface area contributed by atoms with Gasteiger partial charge in [0.1, 0.15) is 0 Å². The molecule has 0 spiro atoms. The molecule has 0 aromatic carbocycles. The Kier molecular flexibility index (Phi) is 23.0. The van der Waals surface area contributed by atoms with E-state index in [0.717, 1.165) is 6.54 Å². The summed E-state index contributed by atoms with van der Waals surface area (Å²) in [4.78, 5) is 2.21. The predicted molar refractivity (Wildman–Crippen MR) is 94.3 cm³/mol. The van der Waals surface area contributed by atoms with Gasteiger partial charge in [0.05, 0.1) is 0 Å². The Morgan fingerprint density at radius 1 is 0.850 bits per heavy atom. The number of nitrogens with zero attached hydrogens (tertiary/aromatic N) is 1. The molecule has 0 aliphatic heterocycles. The number of hydrogen-bond donors (Lipinski definition) is 1. The van der Waals surface area contributed by atoms with Crippen LogP contribution in [0.15, 0.2) is 12.2 Å². The van der Waals surface area contributed by atoms with Gasteiger partial charge in [-0.2, -0.15) is 0 Å². The SMILES string of the molecule is CC=CCCCN(C)C.CCCCCCCCCCN. The second-order valence-corrected chi connectivity index (χ2v) is 5.78. The summed E-state index contributed by atoms with van der Waals surface area (Å²) in [6.07, 6.45) is 17.8. The summed E-state index contributed by atoms with van der Waals surface area (Å²) < 4.78 is 0. The first-order chi connectivity index (χ1) is 9.68. The summed E-state index contributed by atoms with van der Waals surface area (Å²) in [5, 5.41) is 0. The predicted octanol–water partition coefficient (Wildman–Crippen LogP) is 4.99. The molecule has 0 saturated carbocycles. The lowest BCUT2D eigenvalue weighted by molar-refractivity contribution is 0.402. The lowest BCUT2D eigenvalue weighted by Gasteiger charge is -2.06. The monoisotopic (exact) mass is 284 g/mol. The standard InChI is InChI=1S/C10H23N.C8H17N/c1-2-3-4-5-6-7-8-9-10-11;1-4-5-6-7-8-9(2)3/h2-11H2,1H3;4-5H,6-8H2,1-3H3. The quantitative estimate of drug-likeness (QED) is 0.404. The van der Waals surface area contributed by atoms with E-state index in [4.69, 9.17) is 5.73 Å². The molecule has 0 fully saturated rings. The van der Waals surface area contributed by atoms with Gasteiger partial charge in [-0.05, 0) is 53.4 Å². The van der Waals surface area contributed by atoms with Gasteiger partial charge in [-0.15, -0.1) is 0 Å². The largest absolute Gasteiger partial charge is 0.330 e. The lowest BCUT2D eigenvalue weighted by atomic mass is 10.1. The van der Waals surface area contributed by atoms with Crippen molar-refractivity contribution < 1.29 is 0 Å². The summed E-state index contributed by atoms with van der Waals surface area (Å²) in [5.41, 5.74) is 5.39. The highest BCUT2D eigenvalue weighted by Crippen LogP contribution is 2.07. The van der Waals surface area contributed by atoms with Crippen molar-refractivity contribution in [2.75, 3.05) is 27.2 Å². The molecule has 0 rings (SSSR count). The summed E-state index contributed by atoms with van der Waals surface area (Å²) in [5.74, 6) is 0. The van der Waals surface area contributed by atoms with Gasteiger partial charge in [-0.25, -0.2) is 0 Å². The highest BCUT2D eigenvalue weighted by molar-refractivity contribution is 4.76. The third-order valence-electron chi connectivity index (χ3n) is 3.27. The van der Waals surface area contributed by atoms with Crippen molar-refractivity contribution >= 4 is 0 Å². The third-order valence-corrected chi connectivity index (χ3v) is 3.27. The van der Waals surface area contributed by atoms with E-state index >= 15 is 0 Å². The molecule has 0 amide bonds. The van der Waals surface area contributed by atoms with Gasteiger partial charge < -0.3 is 10.6 Å². The first-order valence-corrected chi connectivity index (χ1v) is 8.64. The molecule has 0 atom stereocenters. The average Bonchev–Trinajstić information content (AvgIpc) is 2.43. The zero-order valence-corrected chi connectivity index (χ0v) is 14.7. The van der Waals surface area contributed by atoms with Crippen LogP contribution in [0.2, 0.25) is 0 Å². The van der Waals surface area contributed by atoms with Crippen molar-refractivity contribution in [3.05, 3.63) is 12.2 Å². The number of unbranched alkanes of at least 4 members (excludes halogenated alkanes) is 8. The molecule has 0 radical (unpaired) electrons. The average molecular weight is 285 g/mol. The van der Waals surface area contributed by atoms with Crippen LogP contribution in [-0.4, -0.2) is 32.1 Å². The molecule has 2 heteroatoms. The number of hydrogen-bond acceptors (Lipinski definition) is 2. The Bertz CT molecular complexity index is 168. The van der Waals surface area contributed by atoms with E-state index < -0.39 is 0 Å². The first kappa shape index (κ1) is 21.9. The van der Waals surface area contributed by atoms with Crippen molar-refractivity contribution in [3.8, 4) is 0 Å². The lowest BCUT2D eigenvalue weighted by Crippen LogP contribution is -2.12. The highest BCUT2D eigenvalue weighted by Gasteiger charge is 1.89. The molecular weight excluding hydrogens is 244 g/mol. The molecule has 122 valence electrons. The van der Waals surface area contributed by atoms with E-state index in [1.807, 2.05) is 0 Å². The molecule has 0 aromatic rings. The molecule has 0 aliphatic carbocycles. The smallest absolute Gasteiger partial charge is 0.00219 e. The van der Waals surface area contributed by atoms with Gasteiger partial charge in [0, 0.05) is 0 Å². The van der Waals surface area contributed by atoms with Crippen LogP contribution < -0.4 is 5.73 Å². The summed E-state index contributed by atoms with van der Waals surface area (Å²) in [6.45, 7) is 6.39. The molecule has 0 saturated heterocycles. The maximum atomic E-state index is 5.39. The Morgan fingerprint density at radius 3 is 1.85 bits per heavy atom. The van der Waals surface area contributed by atoms with Crippen molar-refractivity contribution in [2.24, 2.45) is 5.73 Å². The van der Waals surface area contributed by atoms with Gasteiger partial charge in [0.25, 0.3) is 0 Å². The van der Waals surface area contributed by atoms with E-state index in [1.54, 1.807) is 0 Å². The molecule has 0 aromatic heterocycles. The first-order valence-electron chi connectivity index (χ1n) is 8.64. The van der Waals surface area contributed by atoms with Crippen LogP contribution in [0.1, 0.15) is 78.1 Å². The number of nitrogens with two attached hydrogens (primary N) is 1. The van der Waals surface area contributed by atoms with Crippen molar-refractivity contribution in [3.63, 3.8) is 0 Å². The summed E-state index contributed by atoms with van der Waals surface area (Å²) in [7, 11) is 4.21. The van der Waals surface area contributed by atoms with Crippen LogP contribution in [0.5, 0.6) is 0 Å². The van der Waals surface area contributed by atoms with Gasteiger partial charge in [0.15, 0.2) is 0 Å². The molecule has 2 nitrogen and oxygen atoms in total. The zero-order chi connectivity index (χ0) is 15.5. The van der Waals surface area contributed by atoms with Gasteiger partial charge >= 0.3 is 0 Å². The maximum absolute atomic E-state index is 5.39. The topological polar surface area (TPSA) is 29.3 Å². The Balaban J connectivity index is 0. The van der Waals surface area contributed by atoms with Crippen LogP contribution in [0.25, 0.3) is 0 Å². The normalized spacial score (nSPS) is 10.9. The van der Waals surface area contributed by atoms with Crippen molar-refractivity contribution in [2.45, 2.75) is 78.1 Å². The third kappa shape index (κ3) is 26.3. The van der Waals surface area contributed by atoms with Crippen LogP contribution in [0, 0.1) is 0 Å². The van der Waals surface area contributed by atoms with Crippen LogP contribution >= 0.6 is 0 Å². The van der Waals surface area contributed by atoms with E-state index in [2.05, 4.69) is 45.0 Å². The number of rotatable bonds is 12. The molecule has 0 bridgehead atoms. The van der Waals surface area contributed by atoms with Crippen LogP contribution in [-0.2, 0) is 0 Å². The molecule has 20 heavy (non-hydrogen) atoms. The molecule has 0 aliphatic rings. The van der Waals surface area contributed by atoms with E-state index in [-0.39, 0.29) is 0 Å². The van der Waals surface area contributed by atoms with Crippen molar-refractivity contribution in [1.82, 2.24) is 4.90 Å². The maximum Gasteiger partial charge on any atom is -0.00219 e. The fourth-order valence-electron chi connectivity index (χ4n) is 1.97. The molecular formula is C18H40N2. The Labute approximate surface area is 128 Å². The summed E-state index contributed by atoms with van der Waals surface area (Å²) in [6, 6.07) is 0. The van der Waals surface area contributed by atoms with E-state index in [0.29, 0.717) is 0 Å². The van der Waals surface area contributed by atoms with Crippen LogP contribution in [0.3, 0.4) is 0 Å². The fourth-order valence-corrected chi connectivity index (χ4v) is 1.97. The van der Waals surface area contributed by atoms with E-state index in [9.17, 15) is 0 Å². The van der Waals surface area contributed by atoms with Crippen LogP contribution in [0.4, 0.5) is 0 Å². The van der Waals surface area contributed by atoms with Crippen molar-refractivity contribution in [1.29, 1.82) is 0 Å². The second kappa shape index (κ2) is 21.0.